The van der Waals surface area contributed by atoms with Crippen molar-refractivity contribution in [1.29, 1.82) is 0 Å². The van der Waals surface area contributed by atoms with Gasteiger partial charge in [-0.15, -0.1) is 0 Å². The molecule has 4 nitrogen and oxygen atoms in total. The predicted octanol–water partition coefficient (Wildman–Crippen LogP) is 1.74. The second-order valence-corrected chi connectivity index (χ2v) is 4.88. The van der Waals surface area contributed by atoms with Crippen molar-refractivity contribution >= 4 is 23.2 Å². The number of nitrogens with two attached hydrogens (primary N) is 1. The molecule has 1 heterocycles. The Morgan fingerprint density at radius 2 is 2.35 bits per heavy atom. The highest BCUT2D eigenvalue weighted by Crippen LogP contribution is 2.27. The van der Waals surface area contributed by atoms with Gasteiger partial charge in [-0.2, -0.15) is 0 Å². The molecule has 0 aliphatic heterocycles. The van der Waals surface area contributed by atoms with Crippen LogP contribution < -0.4 is 10.6 Å². The third-order valence-corrected chi connectivity index (χ3v) is 3.47. The van der Waals surface area contributed by atoms with E-state index in [1.807, 2.05) is 0 Å². The van der Waals surface area contributed by atoms with Crippen LogP contribution in [-0.2, 0) is 0 Å². The van der Waals surface area contributed by atoms with Crippen LogP contribution >= 0.6 is 12.2 Å². The highest BCUT2D eigenvalue weighted by Gasteiger charge is 2.21. The summed E-state index contributed by atoms with van der Waals surface area (Å²) in [6, 6.07) is 1.75. The fraction of sp³-hybridized carbons (Fsp3) is 0.583. The average molecular weight is 250 g/mol. The Kier molecular flexibility index (Phi) is 3.89. The highest BCUT2D eigenvalue weighted by molar-refractivity contribution is 7.80. The van der Waals surface area contributed by atoms with Crippen LogP contribution in [0, 0.1) is 5.92 Å². The van der Waals surface area contributed by atoms with Gasteiger partial charge in [0.1, 0.15) is 10.7 Å². The number of hydrogen-bond donors (Lipinski definition) is 1. The van der Waals surface area contributed by atoms with Crippen LogP contribution in [0.1, 0.15) is 31.9 Å². The van der Waals surface area contributed by atoms with Crippen LogP contribution in [0.15, 0.2) is 12.3 Å². The van der Waals surface area contributed by atoms with E-state index in [4.69, 9.17) is 18.0 Å². The summed E-state index contributed by atoms with van der Waals surface area (Å²) in [7, 11) is 0. The van der Waals surface area contributed by atoms with E-state index in [1.54, 1.807) is 12.3 Å². The molecular formula is C12H18N4S. The fourth-order valence-electron chi connectivity index (χ4n) is 1.98. The number of hydrogen-bond acceptors (Lipinski definition) is 4. The topological polar surface area (TPSA) is 55.0 Å². The maximum Gasteiger partial charge on any atom is 0.225 e. The largest absolute Gasteiger partial charge is 0.388 e. The Bertz CT molecular complexity index is 403. The molecule has 0 atom stereocenters. The van der Waals surface area contributed by atoms with Crippen molar-refractivity contribution < 1.29 is 0 Å². The van der Waals surface area contributed by atoms with Crippen molar-refractivity contribution in [1.82, 2.24) is 9.97 Å². The van der Waals surface area contributed by atoms with Gasteiger partial charge in [0.15, 0.2) is 0 Å². The molecule has 0 aromatic carbocycles. The first kappa shape index (κ1) is 12.2. The highest BCUT2D eigenvalue weighted by atomic mass is 32.1. The van der Waals surface area contributed by atoms with Crippen molar-refractivity contribution in [3.63, 3.8) is 0 Å². The van der Waals surface area contributed by atoms with E-state index in [1.165, 1.54) is 19.3 Å². The summed E-state index contributed by atoms with van der Waals surface area (Å²) in [5.41, 5.74) is 6.24. The third kappa shape index (κ3) is 2.91. The molecule has 0 unspecified atom stereocenters. The monoisotopic (exact) mass is 250 g/mol. The van der Waals surface area contributed by atoms with Gasteiger partial charge < -0.3 is 10.6 Å². The van der Waals surface area contributed by atoms with Crippen LogP contribution in [0.3, 0.4) is 0 Å². The SMILES string of the molecule is CCN(CC1CCC1)c1nccc(C(N)=S)n1. The van der Waals surface area contributed by atoms with Crippen molar-refractivity contribution in [2.24, 2.45) is 11.7 Å². The second kappa shape index (κ2) is 5.40. The summed E-state index contributed by atoms with van der Waals surface area (Å²) in [4.78, 5) is 11.2. The van der Waals surface area contributed by atoms with Crippen molar-refractivity contribution in [2.75, 3.05) is 18.0 Å². The molecular weight excluding hydrogens is 232 g/mol. The zero-order chi connectivity index (χ0) is 12.3. The lowest BCUT2D eigenvalue weighted by atomic mass is 9.85. The number of anilines is 1. The first-order valence-electron chi connectivity index (χ1n) is 6.08. The smallest absolute Gasteiger partial charge is 0.225 e. The number of thiocarbonyl (C=S) groups is 1. The first-order chi connectivity index (χ1) is 8.20. The van der Waals surface area contributed by atoms with Crippen molar-refractivity contribution in [3.8, 4) is 0 Å². The van der Waals surface area contributed by atoms with E-state index in [2.05, 4.69) is 21.8 Å². The average Bonchev–Trinajstić information content (AvgIpc) is 2.28. The van der Waals surface area contributed by atoms with Crippen LogP contribution in [0.25, 0.3) is 0 Å². The van der Waals surface area contributed by atoms with Crippen LogP contribution in [0.5, 0.6) is 0 Å². The molecule has 1 aliphatic rings. The molecule has 1 aromatic rings. The zero-order valence-electron chi connectivity index (χ0n) is 10.1. The Morgan fingerprint density at radius 1 is 1.59 bits per heavy atom. The van der Waals surface area contributed by atoms with Gasteiger partial charge >= 0.3 is 0 Å². The molecule has 17 heavy (non-hydrogen) atoms. The third-order valence-electron chi connectivity index (χ3n) is 3.26. The summed E-state index contributed by atoms with van der Waals surface area (Å²) in [5, 5.41) is 0. The maximum absolute atomic E-state index is 5.59. The first-order valence-corrected chi connectivity index (χ1v) is 6.49. The summed E-state index contributed by atoms with van der Waals surface area (Å²) in [5.74, 6) is 1.54. The quantitative estimate of drug-likeness (QED) is 0.807. The maximum atomic E-state index is 5.59. The van der Waals surface area contributed by atoms with E-state index in [0.717, 1.165) is 25.0 Å². The minimum atomic E-state index is 0.327. The number of rotatable bonds is 5. The molecule has 2 N–H and O–H groups in total. The lowest BCUT2D eigenvalue weighted by Gasteiger charge is -2.31. The normalized spacial score (nSPS) is 15.4. The summed E-state index contributed by atoms with van der Waals surface area (Å²) < 4.78 is 0. The van der Waals surface area contributed by atoms with E-state index in [-0.39, 0.29) is 0 Å². The molecule has 0 saturated heterocycles. The second-order valence-electron chi connectivity index (χ2n) is 4.44. The van der Waals surface area contributed by atoms with Crippen LogP contribution in [0.4, 0.5) is 5.95 Å². The molecule has 92 valence electrons. The van der Waals surface area contributed by atoms with E-state index in [0.29, 0.717) is 10.7 Å². The Balaban J connectivity index is 2.11. The molecule has 0 bridgehead atoms. The number of nitrogens with zero attached hydrogens (tertiary/aromatic N) is 3. The summed E-state index contributed by atoms with van der Waals surface area (Å²) in [6.45, 7) is 4.07. The van der Waals surface area contributed by atoms with Gasteiger partial charge in [0, 0.05) is 19.3 Å². The minimum absolute atomic E-state index is 0.327. The molecule has 1 saturated carbocycles. The standard InChI is InChI=1S/C12H18N4S/c1-2-16(8-9-4-3-5-9)12-14-7-6-10(15-12)11(13)17/h6-7,9H,2-5,8H2,1H3,(H2,13,17). The van der Waals surface area contributed by atoms with Crippen molar-refractivity contribution in [3.05, 3.63) is 18.0 Å². The Morgan fingerprint density at radius 3 is 2.88 bits per heavy atom. The lowest BCUT2D eigenvalue weighted by molar-refractivity contribution is 0.317. The Labute approximate surface area is 107 Å². The van der Waals surface area contributed by atoms with Gasteiger partial charge in [-0.05, 0) is 31.7 Å². The fourth-order valence-corrected chi connectivity index (χ4v) is 2.09. The molecule has 2 rings (SSSR count). The Hall–Kier alpha value is -1.23. The molecule has 0 spiro atoms. The van der Waals surface area contributed by atoms with Gasteiger partial charge in [0.25, 0.3) is 0 Å². The molecule has 5 heteroatoms. The lowest BCUT2D eigenvalue weighted by Crippen LogP contribution is -2.34. The molecule has 0 amide bonds. The molecule has 1 fully saturated rings. The molecule has 0 radical (unpaired) electrons. The molecule has 1 aromatic heterocycles. The van der Waals surface area contributed by atoms with E-state index < -0.39 is 0 Å². The summed E-state index contributed by atoms with van der Waals surface area (Å²) >= 11 is 4.94. The molecule has 1 aliphatic carbocycles. The predicted molar refractivity (Wildman–Crippen MR) is 73.1 cm³/mol. The van der Waals surface area contributed by atoms with Gasteiger partial charge in [-0.25, -0.2) is 9.97 Å². The van der Waals surface area contributed by atoms with E-state index >= 15 is 0 Å². The minimum Gasteiger partial charge on any atom is -0.388 e. The van der Waals surface area contributed by atoms with Gasteiger partial charge in [0.05, 0.1) is 0 Å². The van der Waals surface area contributed by atoms with E-state index in [9.17, 15) is 0 Å². The van der Waals surface area contributed by atoms with Crippen LogP contribution in [0.2, 0.25) is 0 Å². The van der Waals surface area contributed by atoms with Crippen LogP contribution in [-0.4, -0.2) is 28.0 Å². The zero-order valence-corrected chi connectivity index (χ0v) is 10.9. The number of aromatic nitrogens is 2. The van der Waals surface area contributed by atoms with Gasteiger partial charge in [-0.3, -0.25) is 0 Å². The summed E-state index contributed by atoms with van der Waals surface area (Å²) in [6.07, 6.45) is 5.73. The van der Waals surface area contributed by atoms with Gasteiger partial charge in [-0.1, -0.05) is 18.6 Å². The van der Waals surface area contributed by atoms with Crippen molar-refractivity contribution in [2.45, 2.75) is 26.2 Å². The van der Waals surface area contributed by atoms with Gasteiger partial charge in [0.2, 0.25) is 5.95 Å².